The molecule has 0 unspecified atom stereocenters. The number of rotatable bonds is 4. The Balaban J connectivity index is 1.44. The quantitative estimate of drug-likeness (QED) is 0.596. The first-order valence-electron chi connectivity index (χ1n) is 11.4. The number of fused-ring (bicyclic) bond motifs is 1. The van der Waals surface area contributed by atoms with Gasteiger partial charge in [-0.1, -0.05) is 24.3 Å². The molecule has 0 saturated carbocycles. The van der Waals surface area contributed by atoms with E-state index in [-0.39, 0.29) is 12.1 Å². The second-order valence-corrected chi connectivity index (χ2v) is 9.63. The second kappa shape index (κ2) is 9.60. The van der Waals surface area contributed by atoms with E-state index < -0.39 is 5.60 Å². The van der Waals surface area contributed by atoms with Gasteiger partial charge >= 0.3 is 6.09 Å². The number of carbonyl (C=O) groups is 1. The molecule has 0 spiro atoms. The normalized spacial score (nSPS) is 15.2. The molecule has 1 aliphatic heterocycles. The average molecular weight is 443 g/mol. The number of likely N-dealkylation sites (tertiary alicyclic amines) is 1. The zero-order valence-electron chi connectivity index (χ0n) is 19.5. The fraction of sp³-hybridized carbons (Fsp3) is 0.370. The van der Waals surface area contributed by atoms with Crippen LogP contribution in [0.5, 0.6) is 0 Å². The molecule has 6 heteroatoms. The number of piperidine rings is 1. The standard InChI is InChI=1S/C27H30N4O2/c1-27(2,3)33-26(32)30-23-9-11-31(12-10-23)18-20-7-8-22-16-29-17-25(24(22)14-20)21-6-4-5-19(13-21)15-28/h4-8,13-14,16-17,23H,9-12,18H2,1-3H3,(H,30,32). The third kappa shape index (κ3) is 5.88. The van der Waals surface area contributed by atoms with Crippen LogP contribution < -0.4 is 5.32 Å². The molecule has 170 valence electrons. The molecule has 1 aliphatic rings. The molecule has 0 bridgehead atoms. The molecule has 0 radical (unpaired) electrons. The van der Waals surface area contributed by atoms with Gasteiger partial charge < -0.3 is 10.1 Å². The Bertz CT molecular complexity index is 1180. The van der Waals surface area contributed by atoms with Crippen molar-refractivity contribution in [3.63, 3.8) is 0 Å². The van der Waals surface area contributed by atoms with Crippen LogP contribution in [-0.2, 0) is 11.3 Å². The minimum atomic E-state index is -0.481. The summed E-state index contributed by atoms with van der Waals surface area (Å²) in [7, 11) is 0. The van der Waals surface area contributed by atoms with Gasteiger partial charge in [0.2, 0.25) is 0 Å². The molecule has 3 aromatic rings. The summed E-state index contributed by atoms with van der Waals surface area (Å²) in [6.45, 7) is 8.33. The Labute approximate surface area is 195 Å². The van der Waals surface area contributed by atoms with Crippen molar-refractivity contribution in [3.8, 4) is 17.2 Å². The number of benzene rings is 2. The van der Waals surface area contributed by atoms with Crippen molar-refractivity contribution < 1.29 is 9.53 Å². The SMILES string of the molecule is CC(C)(C)OC(=O)NC1CCN(Cc2ccc3cncc(-c4cccc(C#N)c4)c3c2)CC1. The summed E-state index contributed by atoms with van der Waals surface area (Å²) in [5.74, 6) is 0. The van der Waals surface area contributed by atoms with Crippen LogP contribution >= 0.6 is 0 Å². The number of aromatic nitrogens is 1. The smallest absolute Gasteiger partial charge is 0.407 e. The number of nitriles is 1. The van der Waals surface area contributed by atoms with Gasteiger partial charge in [-0.25, -0.2) is 4.79 Å². The van der Waals surface area contributed by atoms with E-state index in [0.29, 0.717) is 5.56 Å². The van der Waals surface area contributed by atoms with E-state index in [2.05, 4.69) is 39.5 Å². The van der Waals surface area contributed by atoms with Gasteiger partial charge in [0.25, 0.3) is 0 Å². The Kier molecular flexibility index (Phi) is 6.62. The maximum absolute atomic E-state index is 12.0. The molecular formula is C27H30N4O2. The number of amides is 1. The third-order valence-corrected chi connectivity index (χ3v) is 5.84. The lowest BCUT2D eigenvalue weighted by Gasteiger charge is -2.33. The zero-order valence-corrected chi connectivity index (χ0v) is 19.5. The van der Waals surface area contributed by atoms with E-state index in [9.17, 15) is 10.1 Å². The molecule has 4 rings (SSSR count). The number of hydrogen-bond acceptors (Lipinski definition) is 5. The highest BCUT2D eigenvalue weighted by molar-refractivity contribution is 5.96. The maximum Gasteiger partial charge on any atom is 0.407 e. The van der Waals surface area contributed by atoms with Crippen LogP contribution in [0.25, 0.3) is 21.9 Å². The van der Waals surface area contributed by atoms with Gasteiger partial charge in [-0.2, -0.15) is 5.26 Å². The molecule has 2 heterocycles. The second-order valence-electron chi connectivity index (χ2n) is 9.63. The maximum atomic E-state index is 12.0. The lowest BCUT2D eigenvalue weighted by Crippen LogP contribution is -2.45. The molecule has 0 aliphatic carbocycles. The van der Waals surface area contributed by atoms with Crippen LogP contribution in [0.1, 0.15) is 44.7 Å². The first-order valence-corrected chi connectivity index (χ1v) is 11.4. The van der Waals surface area contributed by atoms with Gasteiger partial charge in [0.1, 0.15) is 5.60 Å². The van der Waals surface area contributed by atoms with Crippen LogP contribution in [0.15, 0.2) is 54.9 Å². The van der Waals surface area contributed by atoms with Gasteiger partial charge in [-0.15, -0.1) is 0 Å². The van der Waals surface area contributed by atoms with Crippen LogP contribution in [0, 0.1) is 11.3 Å². The number of carbonyl (C=O) groups excluding carboxylic acids is 1. The van der Waals surface area contributed by atoms with Crippen LogP contribution in [0.4, 0.5) is 4.79 Å². The average Bonchev–Trinajstić information content (AvgIpc) is 2.79. The van der Waals surface area contributed by atoms with Gasteiger partial charge in [-0.3, -0.25) is 9.88 Å². The first kappa shape index (κ1) is 22.8. The lowest BCUT2D eigenvalue weighted by molar-refractivity contribution is 0.0477. The molecule has 1 fully saturated rings. The van der Waals surface area contributed by atoms with Crippen molar-refractivity contribution in [2.24, 2.45) is 0 Å². The monoisotopic (exact) mass is 442 g/mol. The Morgan fingerprint density at radius 2 is 1.97 bits per heavy atom. The van der Waals surface area contributed by atoms with Crippen molar-refractivity contribution in [1.82, 2.24) is 15.2 Å². The Morgan fingerprint density at radius 1 is 1.18 bits per heavy atom. The molecule has 1 saturated heterocycles. The number of hydrogen-bond donors (Lipinski definition) is 1. The minimum Gasteiger partial charge on any atom is -0.444 e. The van der Waals surface area contributed by atoms with E-state index in [0.717, 1.165) is 54.4 Å². The molecular weight excluding hydrogens is 412 g/mol. The van der Waals surface area contributed by atoms with Crippen LogP contribution in [-0.4, -0.2) is 40.7 Å². The Morgan fingerprint density at radius 3 is 2.70 bits per heavy atom. The van der Waals surface area contributed by atoms with Crippen molar-refractivity contribution in [1.29, 1.82) is 5.26 Å². The van der Waals surface area contributed by atoms with E-state index in [1.54, 1.807) is 0 Å². The number of ether oxygens (including phenoxy) is 1. The van der Waals surface area contributed by atoms with Crippen LogP contribution in [0.3, 0.4) is 0 Å². The number of nitrogens with one attached hydrogen (secondary N) is 1. The van der Waals surface area contributed by atoms with Gasteiger partial charge in [0.05, 0.1) is 11.6 Å². The van der Waals surface area contributed by atoms with Crippen LogP contribution in [0.2, 0.25) is 0 Å². The summed E-state index contributed by atoms with van der Waals surface area (Å²) in [5.41, 5.74) is 3.43. The number of alkyl carbamates (subject to hydrolysis) is 1. The van der Waals surface area contributed by atoms with Gasteiger partial charge in [0.15, 0.2) is 0 Å². The topological polar surface area (TPSA) is 78.2 Å². The summed E-state index contributed by atoms with van der Waals surface area (Å²) in [6.07, 6.45) is 5.23. The van der Waals surface area contributed by atoms with Gasteiger partial charge in [-0.05, 0) is 68.3 Å². The van der Waals surface area contributed by atoms with Crippen molar-refractivity contribution in [2.45, 2.75) is 51.8 Å². The summed E-state index contributed by atoms with van der Waals surface area (Å²) >= 11 is 0. The summed E-state index contributed by atoms with van der Waals surface area (Å²) in [5, 5.41) is 14.5. The van der Waals surface area contributed by atoms with E-state index >= 15 is 0 Å². The third-order valence-electron chi connectivity index (χ3n) is 5.84. The molecule has 2 aromatic carbocycles. The molecule has 1 N–H and O–H groups in total. The first-order chi connectivity index (χ1) is 15.8. The molecule has 1 aromatic heterocycles. The zero-order chi connectivity index (χ0) is 23.4. The summed E-state index contributed by atoms with van der Waals surface area (Å²) < 4.78 is 5.38. The van der Waals surface area contributed by atoms with Gasteiger partial charge in [0, 0.05) is 49.0 Å². The minimum absolute atomic E-state index is 0.151. The summed E-state index contributed by atoms with van der Waals surface area (Å²) in [4.78, 5) is 18.9. The Hall–Kier alpha value is -3.43. The fourth-order valence-corrected chi connectivity index (χ4v) is 4.26. The van der Waals surface area contributed by atoms with E-state index in [1.165, 1.54) is 5.56 Å². The van der Waals surface area contributed by atoms with Crippen molar-refractivity contribution in [3.05, 3.63) is 66.0 Å². The lowest BCUT2D eigenvalue weighted by atomic mass is 9.97. The molecule has 1 amide bonds. The molecule has 33 heavy (non-hydrogen) atoms. The number of pyridine rings is 1. The fourth-order valence-electron chi connectivity index (χ4n) is 4.26. The largest absolute Gasteiger partial charge is 0.444 e. The van der Waals surface area contributed by atoms with E-state index in [4.69, 9.17) is 4.74 Å². The highest BCUT2D eigenvalue weighted by atomic mass is 16.6. The highest BCUT2D eigenvalue weighted by Gasteiger charge is 2.23. The predicted octanol–water partition coefficient (Wildman–Crippen LogP) is 5.26. The van der Waals surface area contributed by atoms with Crippen molar-refractivity contribution >= 4 is 16.9 Å². The van der Waals surface area contributed by atoms with E-state index in [1.807, 2.05) is 57.4 Å². The van der Waals surface area contributed by atoms with Crippen molar-refractivity contribution in [2.75, 3.05) is 13.1 Å². The molecule has 0 atom stereocenters. The summed E-state index contributed by atoms with van der Waals surface area (Å²) in [6, 6.07) is 16.5. The highest BCUT2D eigenvalue weighted by Crippen LogP contribution is 2.29. The molecule has 6 nitrogen and oxygen atoms in total. The predicted molar refractivity (Wildman–Crippen MR) is 130 cm³/mol. The number of nitrogens with zero attached hydrogens (tertiary/aromatic N) is 3.